The summed E-state index contributed by atoms with van der Waals surface area (Å²) in [5.74, 6) is -1.14. The van der Waals surface area contributed by atoms with E-state index in [1.165, 1.54) is 0 Å². The maximum atomic E-state index is 13.4. The highest BCUT2D eigenvalue weighted by Gasteiger charge is 2.53. The third kappa shape index (κ3) is 6.26. The first-order chi connectivity index (χ1) is 16.7. The fraction of sp³-hybridized carbons (Fsp3) is 0.750. The van der Waals surface area contributed by atoms with Crippen molar-refractivity contribution in [3.8, 4) is 0 Å². The van der Waals surface area contributed by atoms with Crippen molar-refractivity contribution in [1.29, 1.82) is 0 Å². The molecule has 0 aromatic carbocycles. The lowest BCUT2D eigenvalue weighted by Gasteiger charge is -2.36. The molecule has 2 aliphatic rings. The van der Waals surface area contributed by atoms with Crippen molar-refractivity contribution < 1.29 is 24.5 Å². The predicted molar refractivity (Wildman–Crippen MR) is 143 cm³/mol. The number of carbonyl (C=O) groups is 2. The van der Waals surface area contributed by atoms with E-state index in [1.54, 1.807) is 44.1 Å². The number of nitrogens with zero attached hydrogens (tertiary/aromatic N) is 2. The van der Waals surface area contributed by atoms with Crippen LogP contribution in [0.1, 0.15) is 84.3 Å². The SMILES string of the molecule is CC(=Cc1csc(C)n1)[C@H]1C[C@@H]2O[C@@]2(C)CCC[C@@H](C)[C@@H](O)[C@H](C)C(=O)C(C)(C)[C@H](O)CC(=O)N1C. The highest BCUT2D eigenvalue weighted by Crippen LogP contribution is 2.45. The molecule has 7 nitrogen and oxygen atoms in total. The highest BCUT2D eigenvalue weighted by molar-refractivity contribution is 7.09. The van der Waals surface area contributed by atoms with E-state index < -0.39 is 23.5 Å². The summed E-state index contributed by atoms with van der Waals surface area (Å²) in [5, 5.41) is 24.9. The van der Waals surface area contributed by atoms with Crippen LogP contribution in [0.2, 0.25) is 0 Å². The van der Waals surface area contributed by atoms with Gasteiger partial charge in [0.25, 0.3) is 0 Å². The average Bonchev–Trinajstić information content (AvgIpc) is 3.27. The molecule has 2 aliphatic heterocycles. The van der Waals surface area contributed by atoms with Gasteiger partial charge in [-0.05, 0) is 51.2 Å². The Morgan fingerprint density at radius 1 is 1.25 bits per heavy atom. The van der Waals surface area contributed by atoms with E-state index in [1.807, 2.05) is 32.2 Å². The summed E-state index contributed by atoms with van der Waals surface area (Å²) in [6.45, 7) is 13.1. The summed E-state index contributed by atoms with van der Waals surface area (Å²) in [4.78, 5) is 33.0. The average molecular weight is 521 g/mol. The summed E-state index contributed by atoms with van der Waals surface area (Å²) in [7, 11) is 1.76. The number of amides is 1. The van der Waals surface area contributed by atoms with E-state index in [0.29, 0.717) is 6.42 Å². The van der Waals surface area contributed by atoms with Crippen LogP contribution >= 0.6 is 11.3 Å². The summed E-state index contributed by atoms with van der Waals surface area (Å²) < 4.78 is 6.16. The second kappa shape index (κ2) is 11.0. The van der Waals surface area contributed by atoms with Crippen LogP contribution in [-0.4, -0.2) is 68.8 Å². The number of likely N-dealkylation sites (N-methyl/N-ethyl adjacent to an activating group) is 1. The van der Waals surface area contributed by atoms with Gasteiger partial charge in [-0.25, -0.2) is 4.98 Å². The second-order valence-electron chi connectivity index (χ2n) is 11.8. The molecule has 202 valence electrons. The van der Waals surface area contributed by atoms with Crippen LogP contribution < -0.4 is 0 Å². The maximum Gasteiger partial charge on any atom is 0.225 e. The van der Waals surface area contributed by atoms with Gasteiger partial charge in [-0.2, -0.15) is 0 Å². The number of hydrogen-bond acceptors (Lipinski definition) is 7. The monoisotopic (exact) mass is 520 g/mol. The van der Waals surface area contributed by atoms with Crippen LogP contribution in [0.5, 0.6) is 0 Å². The van der Waals surface area contributed by atoms with Crippen molar-refractivity contribution in [3.63, 3.8) is 0 Å². The number of rotatable bonds is 2. The van der Waals surface area contributed by atoms with Crippen LogP contribution in [0.3, 0.4) is 0 Å². The number of carbonyl (C=O) groups excluding carboxylic acids is 2. The maximum absolute atomic E-state index is 13.4. The second-order valence-corrected chi connectivity index (χ2v) is 12.9. The fourth-order valence-corrected chi connectivity index (χ4v) is 6.09. The minimum absolute atomic E-state index is 0.0215. The van der Waals surface area contributed by atoms with Gasteiger partial charge in [0.1, 0.15) is 5.78 Å². The number of epoxide rings is 1. The first-order valence-corrected chi connectivity index (χ1v) is 14.0. The van der Waals surface area contributed by atoms with Crippen molar-refractivity contribution in [2.75, 3.05) is 7.05 Å². The molecule has 2 N–H and O–H groups in total. The molecular weight excluding hydrogens is 476 g/mol. The van der Waals surface area contributed by atoms with Crippen LogP contribution in [0.15, 0.2) is 11.0 Å². The van der Waals surface area contributed by atoms with E-state index in [-0.39, 0.29) is 41.8 Å². The third-order valence-corrected chi connectivity index (χ3v) is 9.34. The molecule has 0 radical (unpaired) electrons. The number of Topliss-reactive ketones (excluding diaryl/α,β-unsaturated/α-hetero) is 1. The molecule has 0 aliphatic carbocycles. The molecule has 0 bridgehead atoms. The van der Waals surface area contributed by atoms with E-state index in [0.717, 1.165) is 35.5 Å². The van der Waals surface area contributed by atoms with Crippen molar-refractivity contribution in [1.82, 2.24) is 9.88 Å². The number of ketones is 1. The Hall–Kier alpha value is -1.61. The van der Waals surface area contributed by atoms with Gasteiger partial charge in [0.2, 0.25) is 5.91 Å². The standard InChI is InChI=1S/C28H44N2O5S/c1-16-10-9-11-28(7)23(35-28)13-21(17(2)12-20-15-36-19(4)29-20)30(8)24(32)14-22(31)27(5,6)26(34)18(3)25(16)33/h12,15-16,18,21-23,25,31,33H,9-11,13-14H2,1-8H3/t16-,18+,21-,22-,23+,25-,28+/m1/s1. The van der Waals surface area contributed by atoms with Gasteiger partial charge in [0.15, 0.2) is 0 Å². The summed E-state index contributed by atoms with van der Waals surface area (Å²) in [6.07, 6.45) is 3.09. The summed E-state index contributed by atoms with van der Waals surface area (Å²) >= 11 is 1.59. The molecule has 0 unspecified atom stereocenters. The van der Waals surface area contributed by atoms with Crippen molar-refractivity contribution in [2.24, 2.45) is 17.3 Å². The normalized spacial score (nSPS) is 37.1. The number of thiazole rings is 1. The van der Waals surface area contributed by atoms with Crippen LogP contribution in [0, 0.1) is 24.2 Å². The van der Waals surface area contributed by atoms with Crippen LogP contribution in [0.25, 0.3) is 6.08 Å². The number of fused-ring (bicyclic) bond motifs is 1. The van der Waals surface area contributed by atoms with Gasteiger partial charge in [-0.15, -0.1) is 11.3 Å². The third-order valence-electron chi connectivity index (χ3n) is 8.55. The number of aryl methyl sites for hydroxylation is 1. The first-order valence-electron chi connectivity index (χ1n) is 13.1. The van der Waals surface area contributed by atoms with Gasteiger partial charge in [-0.1, -0.05) is 34.1 Å². The van der Waals surface area contributed by atoms with Gasteiger partial charge in [0, 0.05) is 24.8 Å². The van der Waals surface area contributed by atoms with Gasteiger partial charge >= 0.3 is 0 Å². The topological polar surface area (TPSA) is 103 Å². The van der Waals surface area contributed by atoms with E-state index in [2.05, 4.69) is 11.9 Å². The Morgan fingerprint density at radius 2 is 1.92 bits per heavy atom. The minimum Gasteiger partial charge on any atom is -0.392 e. The lowest BCUT2D eigenvalue weighted by atomic mass is 9.72. The van der Waals surface area contributed by atoms with E-state index >= 15 is 0 Å². The Balaban J connectivity index is 1.91. The molecular formula is C28H44N2O5S. The van der Waals surface area contributed by atoms with Gasteiger partial charge in [0.05, 0.1) is 52.5 Å². The number of aliphatic hydroxyl groups is 2. The van der Waals surface area contributed by atoms with E-state index in [4.69, 9.17) is 4.74 Å². The molecule has 8 heteroatoms. The Bertz CT molecular complexity index is 988. The highest BCUT2D eigenvalue weighted by atomic mass is 32.1. The Kier molecular flexibility index (Phi) is 8.86. The number of ether oxygens (including phenoxy) is 1. The molecule has 2 saturated heterocycles. The lowest BCUT2D eigenvalue weighted by molar-refractivity contribution is -0.145. The van der Waals surface area contributed by atoms with Gasteiger partial charge in [-0.3, -0.25) is 9.59 Å². The Morgan fingerprint density at radius 3 is 2.53 bits per heavy atom. The van der Waals surface area contributed by atoms with Gasteiger partial charge < -0.3 is 19.8 Å². The zero-order chi connectivity index (χ0) is 27.0. The molecule has 7 atom stereocenters. The predicted octanol–water partition coefficient (Wildman–Crippen LogP) is 4.39. The quantitative estimate of drug-likeness (QED) is 0.561. The zero-order valence-electron chi connectivity index (χ0n) is 23.1. The molecule has 3 heterocycles. The molecule has 1 aromatic heterocycles. The number of aliphatic hydroxyl groups excluding tert-OH is 2. The molecule has 1 amide bonds. The molecule has 1 aromatic rings. The van der Waals surface area contributed by atoms with E-state index in [9.17, 15) is 19.8 Å². The summed E-state index contributed by atoms with van der Waals surface area (Å²) in [6, 6.07) is -0.218. The minimum atomic E-state index is -1.16. The fourth-order valence-electron chi connectivity index (χ4n) is 5.52. The molecule has 0 saturated carbocycles. The van der Waals surface area contributed by atoms with Crippen LogP contribution in [-0.2, 0) is 14.3 Å². The molecule has 0 spiro atoms. The lowest BCUT2D eigenvalue weighted by Crippen LogP contribution is -2.47. The molecule has 2 fully saturated rings. The number of aromatic nitrogens is 1. The van der Waals surface area contributed by atoms with Crippen molar-refractivity contribution in [3.05, 3.63) is 21.7 Å². The molecule has 3 rings (SSSR count). The summed E-state index contributed by atoms with van der Waals surface area (Å²) in [5.41, 5.74) is 0.454. The van der Waals surface area contributed by atoms with Crippen LogP contribution in [0.4, 0.5) is 0 Å². The smallest absolute Gasteiger partial charge is 0.225 e. The van der Waals surface area contributed by atoms with Crippen molar-refractivity contribution >= 4 is 29.1 Å². The Labute approximate surface area is 219 Å². The zero-order valence-corrected chi connectivity index (χ0v) is 23.9. The largest absolute Gasteiger partial charge is 0.392 e. The molecule has 36 heavy (non-hydrogen) atoms. The van der Waals surface area contributed by atoms with Crippen molar-refractivity contribution in [2.45, 2.75) is 111 Å². The number of hydrogen-bond donors (Lipinski definition) is 2. The first kappa shape index (κ1) is 29.0.